The monoisotopic (exact) mass is 377 g/mol. The van der Waals surface area contributed by atoms with Gasteiger partial charge in [0.2, 0.25) is 16.0 Å². The minimum atomic E-state index is -3.09. The van der Waals surface area contributed by atoms with Crippen LogP contribution in [0.1, 0.15) is 19.0 Å². The summed E-state index contributed by atoms with van der Waals surface area (Å²) >= 11 is 0. The van der Waals surface area contributed by atoms with Crippen LogP contribution in [0.25, 0.3) is 0 Å². The van der Waals surface area contributed by atoms with Gasteiger partial charge in [-0.1, -0.05) is 6.92 Å². The number of aromatic nitrogens is 4. The molecule has 0 bridgehead atoms. The summed E-state index contributed by atoms with van der Waals surface area (Å²) in [5, 5.41) is 13.5. The number of aryl methyl sites for hydroxylation is 1. The molecule has 9 nitrogen and oxygen atoms in total. The quantitative estimate of drug-likeness (QED) is 0.666. The van der Waals surface area contributed by atoms with E-state index in [9.17, 15) is 8.42 Å². The molecule has 1 unspecified atom stereocenters. The maximum Gasteiger partial charge on any atom is 0.224 e. The summed E-state index contributed by atoms with van der Waals surface area (Å²) in [4.78, 5) is 8.73. The van der Waals surface area contributed by atoms with Gasteiger partial charge in [-0.15, -0.1) is 0 Å². The molecule has 2 aromatic rings. The van der Waals surface area contributed by atoms with Gasteiger partial charge in [0.15, 0.2) is 5.82 Å². The Morgan fingerprint density at radius 2 is 2.08 bits per heavy atom. The number of H-pyrrole nitrogens is 1. The van der Waals surface area contributed by atoms with E-state index in [4.69, 9.17) is 0 Å². The SMILES string of the molecule is CCCS(=O)(=O)N1C[C@@H]2C(Nc3nccc(Nc4cc(C)[nH]n4)n3)[C@@H]2C1. The molecule has 10 heteroatoms. The van der Waals surface area contributed by atoms with E-state index in [0.29, 0.717) is 48.9 Å². The van der Waals surface area contributed by atoms with Crippen LogP contribution in [0.2, 0.25) is 0 Å². The molecule has 3 atom stereocenters. The number of piperidine rings is 1. The zero-order chi connectivity index (χ0) is 18.3. The number of sulfonamides is 1. The molecule has 0 amide bonds. The van der Waals surface area contributed by atoms with Crippen LogP contribution in [-0.4, -0.2) is 57.8 Å². The standard InChI is InChI=1S/C16H23N7O2S/c1-3-6-26(24,25)23-8-11-12(9-23)15(11)20-16-17-5-4-13(19-16)18-14-7-10(2)21-22-14/h4-5,7,11-12,15H,3,6,8-9H2,1-2H3,(H3,17,18,19,20,21,22)/t11-,12+,15?. The highest BCUT2D eigenvalue weighted by Crippen LogP contribution is 2.47. The van der Waals surface area contributed by atoms with Crippen molar-refractivity contribution in [3.05, 3.63) is 24.0 Å². The topological polar surface area (TPSA) is 116 Å². The second kappa shape index (κ2) is 6.51. The Morgan fingerprint density at radius 1 is 1.31 bits per heavy atom. The van der Waals surface area contributed by atoms with Gasteiger partial charge < -0.3 is 10.6 Å². The summed E-state index contributed by atoms with van der Waals surface area (Å²) in [6, 6.07) is 3.92. The Morgan fingerprint density at radius 3 is 2.73 bits per heavy atom. The Kier molecular flexibility index (Phi) is 4.31. The summed E-state index contributed by atoms with van der Waals surface area (Å²) in [5.41, 5.74) is 0.966. The van der Waals surface area contributed by atoms with E-state index in [0.717, 1.165) is 5.69 Å². The second-order valence-corrected chi connectivity index (χ2v) is 9.05. The average Bonchev–Trinajstić information content (AvgIpc) is 2.94. The first kappa shape index (κ1) is 17.2. The minimum absolute atomic E-state index is 0.230. The molecule has 3 N–H and O–H groups in total. The lowest BCUT2D eigenvalue weighted by Crippen LogP contribution is -2.35. The van der Waals surface area contributed by atoms with Crippen LogP contribution in [-0.2, 0) is 10.0 Å². The lowest BCUT2D eigenvalue weighted by Gasteiger charge is -2.19. The first-order valence-corrected chi connectivity index (χ1v) is 10.4. The predicted molar refractivity (Wildman–Crippen MR) is 98.7 cm³/mol. The predicted octanol–water partition coefficient (Wildman–Crippen LogP) is 1.33. The fourth-order valence-corrected chi connectivity index (χ4v) is 5.15. The van der Waals surface area contributed by atoms with Crippen LogP contribution >= 0.6 is 0 Å². The lowest BCUT2D eigenvalue weighted by molar-refractivity contribution is 0.435. The molecule has 140 valence electrons. The maximum absolute atomic E-state index is 12.1. The van der Waals surface area contributed by atoms with Gasteiger partial charge in [0.1, 0.15) is 5.82 Å². The van der Waals surface area contributed by atoms with E-state index in [-0.39, 0.29) is 11.8 Å². The van der Waals surface area contributed by atoms with E-state index in [1.165, 1.54) is 0 Å². The first-order valence-electron chi connectivity index (χ1n) is 8.82. The van der Waals surface area contributed by atoms with Gasteiger partial charge >= 0.3 is 0 Å². The summed E-state index contributed by atoms with van der Waals surface area (Å²) < 4.78 is 25.9. The molecule has 1 aliphatic carbocycles. The molecule has 1 saturated heterocycles. The lowest BCUT2D eigenvalue weighted by atomic mass is 10.4. The molecule has 1 aliphatic heterocycles. The third kappa shape index (κ3) is 3.38. The molecule has 0 radical (unpaired) electrons. The molecule has 0 aromatic carbocycles. The number of anilines is 3. The maximum atomic E-state index is 12.1. The van der Waals surface area contributed by atoms with Crippen molar-refractivity contribution in [2.45, 2.75) is 26.3 Å². The third-order valence-electron chi connectivity index (χ3n) is 4.93. The molecule has 3 heterocycles. The van der Waals surface area contributed by atoms with Gasteiger partial charge in [-0.05, 0) is 31.2 Å². The van der Waals surface area contributed by atoms with E-state index in [1.807, 2.05) is 19.9 Å². The number of aromatic amines is 1. The highest BCUT2D eigenvalue weighted by molar-refractivity contribution is 7.89. The Balaban J connectivity index is 1.35. The highest BCUT2D eigenvalue weighted by Gasteiger charge is 2.58. The number of nitrogens with zero attached hydrogens (tertiary/aromatic N) is 4. The van der Waals surface area contributed by atoms with Crippen molar-refractivity contribution < 1.29 is 8.42 Å². The molecule has 0 spiro atoms. The van der Waals surface area contributed by atoms with Crippen LogP contribution in [0.4, 0.5) is 17.6 Å². The van der Waals surface area contributed by atoms with Crippen molar-refractivity contribution in [3.8, 4) is 0 Å². The van der Waals surface area contributed by atoms with Gasteiger partial charge in [-0.2, -0.15) is 10.1 Å². The van der Waals surface area contributed by atoms with Crippen LogP contribution in [0.5, 0.6) is 0 Å². The molecular weight excluding hydrogens is 354 g/mol. The van der Waals surface area contributed by atoms with E-state index >= 15 is 0 Å². The fourth-order valence-electron chi connectivity index (χ4n) is 3.58. The van der Waals surface area contributed by atoms with Crippen LogP contribution in [0.15, 0.2) is 18.3 Å². The molecule has 2 aromatic heterocycles. The van der Waals surface area contributed by atoms with Crippen LogP contribution in [0, 0.1) is 18.8 Å². The van der Waals surface area contributed by atoms with Gasteiger partial charge in [0.25, 0.3) is 0 Å². The minimum Gasteiger partial charge on any atom is -0.351 e. The van der Waals surface area contributed by atoms with Gasteiger partial charge in [-0.25, -0.2) is 17.7 Å². The van der Waals surface area contributed by atoms with Crippen LogP contribution < -0.4 is 10.6 Å². The number of hydrogen-bond donors (Lipinski definition) is 3. The van der Waals surface area contributed by atoms with Crippen molar-refractivity contribution in [2.75, 3.05) is 29.5 Å². The Bertz CT molecular complexity index is 886. The number of hydrogen-bond acceptors (Lipinski definition) is 7. The average molecular weight is 377 g/mol. The van der Waals surface area contributed by atoms with Crippen molar-refractivity contribution in [1.82, 2.24) is 24.5 Å². The zero-order valence-corrected chi connectivity index (χ0v) is 15.6. The van der Waals surface area contributed by atoms with Crippen molar-refractivity contribution in [3.63, 3.8) is 0 Å². The second-order valence-electron chi connectivity index (χ2n) is 6.96. The molecular formula is C16H23N7O2S. The van der Waals surface area contributed by atoms with Crippen molar-refractivity contribution >= 4 is 27.6 Å². The van der Waals surface area contributed by atoms with Gasteiger partial charge in [0.05, 0.1) is 5.75 Å². The number of rotatable bonds is 7. The molecule has 1 saturated carbocycles. The summed E-state index contributed by atoms with van der Waals surface area (Å²) in [6.07, 6.45) is 2.34. The van der Waals surface area contributed by atoms with Crippen molar-refractivity contribution in [1.29, 1.82) is 0 Å². The van der Waals surface area contributed by atoms with Crippen molar-refractivity contribution in [2.24, 2.45) is 11.8 Å². The largest absolute Gasteiger partial charge is 0.351 e. The Hall–Kier alpha value is -2.20. The molecule has 2 fully saturated rings. The van der Waals surface area contributed by atoms with Crippen LogP contribution in [0.3, 0.4) is 0 Å². The summed E-state index contributed by atoms with van der Waals surface area (Å²) in [5.74, 6) is 2.82. The molecule has 2 aliphatic rings. The molecule has 26 heavy (non-hydrogen) atoms. The third-order valence-corrected chi connectivity index (χ3v) is 6.94. The van der Waals surface area contributed by atoms with E-state index in [1.54, 1.807) is 16.6 Å². The summed E-state index contributed by atoms with van der Waals surface area (Å²) in [6.45, 7) is 5.01. The Labute approximate surface area is 152 Å². The fraction of sp³-hybridized carbons (Fsp3) is 0.562. The van der Waals surface area contributed by atoms with E-state index in [2.05, 4.69) is 30.8 Å². The number of fused-ring (bicyclic) bond motifs is 1. The van der Waals surface area contributed by atoms with Gasteiger partial charge in [-0.3, -0.25) is 5.10 Å². The van der Waals surface area contributed by atoms with Gasteiger partial charge in [0, 0.05) is 37.1 Å². The molecule has 4 rings (SSSR count). The first-order chi connectivity index (χ1) is 12.5. The smallest absolute Gasteiger partial charge is 0.224 e. The normalized spacial score (nSPS) is 25.1. The number of nitrogens with one attached hydrogen (secondary N) is 3. The highest BCUT2D eigenvalue weighted by atomic mass is 32.2. The summed E-state index contributed by atoms with van der Waals surface area (Å²) in [7, 11) is -3.09. The zero-order valence-electron chi connectivity index (χ0n) is 14.8. The van der Waals surface area contributed by atoms with E-state index < -0.39 is 10.0 Å².